The molecule has 0 radical (unpaired) electrons. The topological polar surface area (TPSA) is 84.5 Å². The predicted octanol–water partition coefficient (Wildman–Crippen LogP) is 0.224. The maximum atomic E-state index is 12.2. The van der Waals surface area contributed by atoms with Crippen LogP contribution in [0.1, 0.15) is 18.1 Å². The van der Waals surface area contributed by atoms with E-state index in [1.54, 1.807) is 12.1 Å². The Labute approximate surface area is 131 Å². The molecule has 2 N–H and O–H groups in total. The van der Waals surface area contributed by atoms with Crippen LogP contribution in [0.5, 0.6) is 0 Å². The van der Waals surface area contributed by atoms with Gasteiger partial charge < -0.3 is 15.4 Å². The van der Waals surface area contributed by atoms with Gasteiger partial charge in [0.1, 0.15) is 6.04 Å². The molecule has 6 nitrogen and oxygen atoms in total. The van der Waals surface area contributed by atoms with Crippen molar-refractivity contribution in [3.05, 3.63) is 35.4 Å². The second-order valence-electron chi connectivity index (χ2n) is 5.56. The highest BCUT2D eigenvalue weighted by Crippen LogP contribution is 2.12. The molecular weight excluding hydrogens is 304 g/mol. The zero-order chi connectivity index (χ0) is 16.2. The van der Waals surface area contributed by atoms with E-state index in [1.807, 2.05) is 19.1 Å². The first kappa shape index (κ1) is 16.9. The van der Waals surface area contributed by atoms with E-state index in [2.05, 4.69) is 10.6 Å². The minimum atomic E-state index is -3.11. The van der Waals surface area contributed by atoms with E-state index in [1.165, 1.54) is 6.26 Å². The van der Waals surface area contributed by atoms with E-state index >= 15 is 0 Å². The molecule has 1 heterocycles. The van der Waals surface area contributed by atoms with Gasteiger partial charge in [0, 0.05) is 19.3 Å². The van der Waals surface area contributed by atoms with Crippen LogP contribution in [0, 0.1) is 0 Å². The van der Waals surface area contributed by atoms with Crippen LogP contribution in [0.2, 0.25) is 0 Å². The van der Waals surface area contributed by atoms with Gasteiger partial charge in [0.2, 0.25) is 5.91 Å². The SMILES string of the molecule is C[C@H]1OCCN[C@@H]1C(=O)NCc1ccccc1CS(C)(=O)=O. The Kier molecular flexibility index (Phi) is 5.55. The number of amides is 1. The first-order valence-corrected chi connectivity index (χ1v) is 9.30. The van der Waals surface area contributed by atoms with Crippen LogP contribution in [0.3, 0.4) is 0 Å². The van der Waals surface area contributed by atoms with Gasteiger partial charge in [0.25, 0.3) is 0 Å². The molecule has 7 heteroatoms. The summed E-state index contributed by atoms with van der Waals surface area (Å²) >= 11 is 0. The number of carbonyl (C=O) groups excluding carboxylic acids is 1. The van der Waals surface area contributed by atoms with Gasteiger partial charge in [-0.1, -0.05) is 24.3 Å². The Hall–Kier alpha value is -1.44. The first-order chi connectivity index (χ1) is 10.4. The molecule has 1 aliphatic heterocycles. The van der Waals surface area contributed by atoms with Gasteiger partial charge in [-0.2, -0.15) is 0 Å². The molecule has 1 saturated heterocycles. The van der Waals surface area contributed by atoms with Crippen LogP contribution < -0.4 is 10.6 Å². The molecule has 1 fully saturated rings. The predicted molar refractivity (Wildman–Crippen MR) is 84.0 cm³/mol. The minimum absolute atomic E-state index is 0.0275. The highest BCUT2D eigenvalue weighted by molar-refractivity contribution is 7.89. The van der Waals surface area contributed by atoms with E-state index in [0.717, 1.165) is 5.56 Å². The number of rotatable bonds is 5. The zero-order valence-electron chi connectivity index (χ0n) is 12.8. The van der Waals surface area contributed by atoms with Gasteiger partial charge in [-0.15, -0.1) is 0 Å². The molecule has 0 saturated carbocycles. The van der Waals surface area contributed by atoms with E-state index < -0.39 is 9.84 Å². The Balaban J connectivity index is 2.00. The minimum Gasteiger partial charge on any atom is -0.375 e. The summed E-state index contributed by atoms with van der Waals surface area (Å²) in [6.07, 6.45) is 1.02. The van der Waals surface area contributed by atoms with Crippen LogP contribution in [0.25, 0.3) is 0 Å². The van der Waals surface area contributed by atoms with E-state index in [4.69, 9.17) is 4.74 Å². The molecule has 1 amide bonds. The fourth-order valence-electron chi connectivity index (χ4n) is 2.47. The fourth-order valence-corrected chi connectivity index (χ4v) is 3.32. The van der Waals surface area contributed by atoms with Crippen LogP contribution in [-0.4, -0.2) is 45.9 Å². The lowest BCUT2D eigenvalue weighted by atomic mass is 10.1. The quantitative estimate of drug-likeness (QED) is 0.809. The van der Waals surface area contributed by atoms with Gasteiger partial charge in [-0.3, -0.25) is 4.79 Å². The van der Waals surface area contributed by atoms with Crippen molar-refractivity contribution in [2.75, 3.05) is 19.4 Å². The number of sulfone groups is 1. The number of morpholine rings is 1. The lowest BCUT2D eigenvalue weighted by molar-refractivity contribution is -0.129. The van der Waals surface area contributed by atoms with Crippen LogP contribution in [-0.2, 0) is 31.7 Å². The Morgan fingerprint density at radius 1 is 1.36 bits per heavy atom. The van der Waals surface area contributed by atoms with Gasteiger partial charge in [0.05, 0.1) is 18.5 Å². The Morgan fingerprint density at radius 2 is 2.05 bits per heavy atom. The van der Waals surface area contributed by atoms with Crippen molar-refractivity contribution in [2.24, 2.45) is 0 Å². The Morgan fingerprint density at radius 3 is 2.68 bits per heavy atom. The molecule has 2 rings (SSSR count). The average Bonchev–Trinajstić information content (AvgIpc) is 2.45. The third-order valence-corrected chi connectivity index (χ3v) is 4.42. The third-order valence-electron chi connectivity index (χ3n) is 3.59. The Bertz CT molecular complexity index is 630. The van der Waals surface area contributed by atoms with E-state index in [-0.39, 0.29) is 23.8 Å². The molecule has 1 aromatic rings. The number of nitrogens with one attached hydrogen (secondary N) is 2. The molecule has 0 bridgehead atoms. The molecule has 22 heavy (non-hydrogen) atoms. The summed E-state index contributed by atoms with van der Waals surface area (Å²) in [5.41, 5.74) is 1.52. The largest absolute Gasteiger partial charge is 0.375 e. The number of hydrogen-bond acceptors (Lipinski definition) is 5. The average molecular weight is 326 g/mol. The summed E-state index contributed by atoms with van der Waals surface area (Å²) in [5, 5.41) is 5.97. The maximum Gasteiger partial charge on any atom is 0.240 e. The summed E-state index contributed by atoms with van der Waals surface area (Å²) in [5.74, 6) is -0.165. The van der Waals surface area contributed by atoms with Crippen LogP contribution in [0.4, 0.5) is 0 Å². The first-order valence-electron chi connectivity index (χ1n) is 7.24. The maximum absolute atomic E-state index is 12.2. The fraction of sp³-hybridized carbons (Fsp3) is 0.533. The summed E-state index contributed by atoms with van der Waals surface area (Å²) < 4.78 is 28.4. The van der Waals surface area contributed by atoms with Crippen LogP contribution in [0.15, 0.2) is 24.3 Å². The molecule has 0 aromatic heterocycles. The second kappa shape index (κ2) is 7.21. The van der Waals surface area contributed by atoms with Crippen molar-refractivity contribution in [2.45, 2.75) is 31.4 Å². The molecular formula is C15H22N2O4S. The van der Waals surface area contributed by atoms with Crippen molar-refractivity contribution in [1.82, 2.24) is 10.6 Å². The van der Waals surface area contributed by atoms with E-state index in [0.29, 0.717) is 25.3 Å². The lowest BCUT2D eigenvalue weighted by Crippen LogP contribution is -2.55. The summed E-state index contributed by atoms with van der Waals surface area (Å²) in [6, 6.07) is 6.85. The molecule has 0 aliphatic carbocycles. The van der Waals surface area contributed by atoms with E-state index in [9.17, 15) is 13.2 Å². The van der Waals surface area contributed by atoms with Crippen molar-refractivity contribution in [3.63, 3.8) is 0 Å². The van der Waals surface area contributed by atoms with Crippen molar-refractivity contribution >= 4 is 15.7 Å². The standard InChI is InChI=1S/C15H22N2O4S/c1-11-14(16-7-8-21-11)15(18)17-9-12-5-3-4-6-13(12)10-22(2,19)20/h3-6,11,14,16H,7-10H2,1-2H3,(H,17,18)/t11-,14+/m1/s1. The second-order valence-corrected chi connectivity index (χ2v) is 7.70. The van der Waals surface area contributed by atoms with Crippen molar-refractivity contribution < 1.29 is 17.9 Å². The molecule has 122 valence electrons. The van der Waals surface area contributed by atoms with Crippen molar-refractivity contribution in [1.29, 1.82) is 0 Å². The summed E-state index contributed by atoms with van der Waals surface area (Å²) in [6.45, 7) is 3.40. The summed E-state index contributed by atoms with van der Waals surface area (Å²) in [4.78, 5) is 12.2. The number of hydrogen-bond donors (Lipinski definition) is 2. The smallest absolute Gasteiger partial charge is 0.240 e. The zero-order valence-corrected chi connectivity index (χ0v) is 13.7. The molecule has 1 aromatic carbocycles. The van der Waals surface area contributed by atoms with Gasteiger partial charge in [-0.25, -0.2) is 8.42 Å². The van der Waals surface area contributed by atoms with Gasteiger partial charge in [-0.05, 0) is 18.1 Å². The molecule has 0 spiro atoms. The van der Waals surface area contributed by atoms with Crippen molar-refractivity contribution in [3.8, 4) is 0 Å². The molecule has 1 aliphatic rings. The molecule has 0 unspecified atom stereocenters. The van der Waals surface area contributed by atoms with Crippen LogP contribution >= 0.6 is 0 Å². The molecule has 2 atom stereocenters. The normalized spacial score (nSPS) is 22.3. The highest BCUT2D eigenvalue weighted by Gasteiger charge is 2.28. The number of carbonyl (C=O) groups is 1. The monoisotopic (exact) mass is 326 g/mol. The summed E-state index contributed by atoms with van der Waals surface area (Å²) in [7, 11) is -3.11. The highest BCUT2D eigenvalue weighted by atomic mass is 32.2. The third kappa shape index (κ3) is 4.79. The lowest BCUT2D eigenvalue weighted by Gasteiger charge is -2.29. The van der Waals surface area contributed by atoms with Gasteiger partial charge in [0.15, 0.2) is 9.84 Å². The number of ether oxygens (including phenoxy) is 1. The van der Waals surface area contributed by atoms with Gasteiger partial charge >= 0.3 is 0 Å². The number of benzene rings is 1.